The predicted molar refractivity (Wildman–Crippen MR) is 48.8 cm³/mol. The number of esters is 1. The second-order valence-corrected chi connectivity index (χ2v) is 2.68. The Balaban J connectivity index is 0.00000112. The van der Waals surface area contributed by atoms with Crippen molar-refractivity contribution < 1.29 is 66.7 Å². The molecule has 15 heavy (non-hydrogen) atoms. The smallest absolute Gasteiger partial charge is 1.00 e. The zero-order valence-corrected chi connectivity index (χ0v) is 11.3. The van der Waals surface area contributed by atoms with Gasteiger partial charge in [0.1, 0.15) is 0 Å². The number of aromatic nitrogens is 2. The summed E-state index contributed by atoms with van der Waals surface area (Å²) < 4.78 is 16.6. The van der Waals surface area contributed by atoms with Crippen LogP contribution in [0.25, 0.3) is 10.9 Å². The molecule has 0 aliphatic carbocycles. The number of hydrogen-bond donors (Lipinski definition) is 1. The maximum absolute atomic E-state index is 11.9. The third-order valence-electron chi connectivity index (χ3n) is 1.78. The number of carbonyl (C=O) groups is 1. The van der Waals surface area contributed by atoms with Crippen molar-refractivity contribution in [2.24, 2.45) is 0 Å². The van der Waals surface area contributed by atoms with Crippen molar-refractivity contribution in [3.05, 3.63) is 24.7 Å². The Bertz CT molecular complexity index is 477. The fourth-order valence-corrected chi connectivity index (χ4v) is 1.17. The molecule has 2 heterocycles. The average molecular weight is 234 g/mol. The van der Waals surface area contributed by atoms with E-state index in [4.69, 9.17) is 4.74 Å². The van der Waals surface area contributed by atoms with E-state index in [9.17, 15) is 9.18 Å². The van der Waals surface area contributed by atoms with E-state index in [2.05, 4.69) is 9.97 Å². The predicted octanol–water partition coefficient (Wildman–Crippen LogP) is -1.45. The third kappa shape index (κ3) is 2.85. The molecular formula is C9H8FKN2O2. The van der Waals surface area contributed by atoms with E-state index in [0.29, 0.717) is 11.1 Å². The molecule has 2 aromatic heterocycles. The summed E-state index contributed by atoms with van der Waals surface area (Å²) in [6.07, 6.45) is 4.66. The van der Waals surface area contributed by atoms with Crippen molar-refractivity contribution in [3.8, 4) is 5.75 Å². The molecule has 0 fully saturated rings. The van der Waals surface area contributed by atoms with E-state index in [-0.39, 0.29) is 52.8 Å². The largest absolute Gasteiger partial charge is 1.00 e. The van der Waals surface area contributed by atoms with E-state index in [1.807, 2.05) is 0 Å². The van der Waals surface area contributed by atoms with E-state index < -0.39 is 12.6 Å². The van der Waals surface area contributed by atoms with Crippen LogP contribution >= 0.6 is 0 Å². The number of carbonyl (C=O) groups excluding carboxylic acids is 1. The topological polar surface area (TPSA) is 55.0 Å². The van der Waals surface area contributed by atoms with Gasteiger partial charge in [0.2, 0.25) is 0 Å². The Kier molecular flexibility index (Phi) is 4.87. The fourth-order valence-electron chi connectivity index (χ4n) is 1.17. The summed E-state index contributed by atoms with van der Waals surface area (Å²) in [5.41, 5.74) is 0.793. The second-order valence-electron chi connectivity index (χ2n) is 2.68. The van der Waals surface area contributed by atoms with E-state index in [0.717, 1.165) is 5.52 Å². The van der Waals surface area contributed by atoms with Gasteiger partial charge in [0, 0.05) is 18.6 Å². The molecule has 0 aliphatic rings. The minimum absolute atomic E-state index is 0. The zero-order valence-electron chi connectivity index (χ0n) is 9.16. The molecule has 4 nitrogen and oxygen atoms in total. The first-order chi connectivity index (χ1) is 6.81. The van der Waals surface area contributed by atoms with Crippen molar-refractivity contribution in [1.82, 2.24) is 9.97 Å². The maximum atomic E-state index is 11.9. The van der Waals surface area contributed by atoms with Gasteiger partial charge in [-0.15, -0.1) is 0 Å². The molecule has 0 atom stereocenters. The number of fused-ring (bicyclic) bond motifs is 1. The number of pyridine rings is 1. The van der Waals surface area contributed by atoms with Gasteiger partial charge in [-0.3, -0.25) is 4.98 Å². The van der Waals surface area contributed by atoms with Crippen molar-refractivity contribution in [2.75, 3.05) is 6.67 Å². The summed E-state index contributed by atoms with van der Waals surface area (Å²) in [4.78, 5) is 17.4. The Labute approximate surface area is 129 Å². The standard InChI is InChI=1S/C9H7FN2O2.K.H/c10-3-9(13)14-8-5-12-7-1-2-11-4-6(7)8;;/h1-2,4-5,12H,3H2;;/q;+1;-1. The zero-order chi connectivity index (χ0) is 9.97. The molecule has 0 amide bonds. The summed E-state index contributed by atoms with van der Waals surface area (Å²) >= 11 is 0. The molecule has 0 aliphatic heterocycles. The molecule has 0 spiro atoms. The van der Waals surface area contributed by atoms with Crippen LogP contribution in [-0.4, -0.2) is 22.6 Å². The van der Waals surface area contributed by atoms with Crippen LogP contribution in [0.3, 0.4) is 0 Å². The number of hydrogen-bond acceptors (Lipinski definition) is 3. The first kappa shape index (κ1) is 12.8. The van der Waals surface area contributed by atoms with E-state index in [1.165, 1.54) is 6.20 Å². The molecule has 2 rings (SSSR count). The monoisotopic (exact) mass is 234 g/mol. The molecule has 0 aromatic carbocycles. The first-order valence-electron chi connectivity index (χ1n) is 3.99. The van der Waals surface area contributed by atoms with Gasteiger partial charge >= 0.3 is 57.4 Å². The fraction of sp³-hybridized carbons (Fsp3) is 0.111. The SMILES string of the molecule is O=C(CF)Oc1c[nH]c2ccncc12.[H-].[K+]. The average Bonchev–Trinajstić information content (AvgIpc) is 2.62. The number of alkyl halides is 1. The van der Waals surface area contributed by atoms with Gasteiger partial charge in [-0.1, -0.05) is 0 Å². The maximum Gasteiger partial charge on any atom is 1.00 e. The van der Waals surface area contributed by atoms with Gasteiger partial charge in [0.05, 0.1) is 10.9 Å². The Hall–Kier alpha value is -0.274. The summed E-state index contributed by atoms with van der Waals surface area (Å²) in [5.74, 6) is -0.606. The minimum Gasteiger partial charge on any atom is -1.00 e. The van der Waals surface area contributed by atoms with Crippen molar-refractivity contribution in [2.45, 2.75) is 0 Å². The molecule has 1 N–H and O–H groups in total. The normalized spacial score (nSPS) is 9.67. The Morgan fingerprint density at radius 1 is 1.67 bits per heavy atom. The summed E-state index contributed by atoms with van der Waals surface area (Å²) in [5, 5.41) is 0.661. The summed E-state index contributed by atoms with van der Waals surface area (Å²) in [7, 11) is 0. The number of halogens is 1. The van der Waals surface area contributed by atoms with Gasteiger partial charge in [-0.2, -0.15) is 0 Å². The number of nitrogens with zero attached hydrogens (tertiary/aromatic N) is 1. The molecule has 6 heteroatoms. The Morgan fingerprint density at radius 3 is 3.20 bits per heavy atom. The van der Waals surface area contributed by atoms with Crippen LogP contribution in [0, 0.1) is 0 Å². The molecule has 0 saturated carbocycles. The van der Waals surface area contributed by atoms with Crippen LogP contribution in [0.2, 0.25) is 0 Å². The number of aromatic amines is 1. The van der Waals surface area contributed by atoms with Gasteiger partial charge in [-0.05, 0) is 6.07 Å². The number of rotatable bonds is 2. The molecule has 2 aromatic rings. The quantitative estimate of drug-likeness (QED) is 0.511. The molecular weight excluding hydrogens is 226 g/mol. The number of H-pyrrole nitrogens is 1. The molecule has 0 saturated heterocycles. The first-order valence-corrected chi connectivity index (χ1v) is 3.99. The van der Waals surface area contributed by atoms with Gasteiger partial charge in [0.25, 0.3) is 0 Å². The van der Waals surface area contributed by atoms with Crippen LogP contribution in [-0.2, 0) is 4.79 Å². The summed E-state index contributed by atoms with van der Waals surface area (Å²) in [6.45, 7) is -1.13. The van der Waals surface area contributed by atoms with Crippen LogP contribution in [0.5, 0.6) is 5.75 Å². The van der Waals surface area contributed by atoms with Crippen LogP contribution in [0.4, 0.5) is 4.39 Å². The number of ether oxygens (including phenoxy) is 1. The number of nitrogens with one attached hydrogen (secondary N) is 1. The molecule has 0 unspecified atom stereocenters. The van der Waals surface area contributed by atoms with E-state index >= 15 is 0 Å². The molecule has 0 radical (unpaired) electrons. The Morgan fingerprint density at radius 2 is 2.47 bits per heavy atom. The van der Waals surface area contributed by atoms with Crippen LogP contribution in [0.1, 0.15) is 1.43 Å². The molecule has 74 valence electrons. The van der Waals surface area contributed by atoms with Crippen molar-refractivity contribution >= 4 is 16.9 Å². The van der Waals surface area contributed by atoms with Gasteiger partial charge in [-0.25, -0.2) is 9.18 Å². The third-order valence-corrected chi connectivity index (χ3v) is 1.78. The van der Waals surface area contributed by atoms with Crippen molar-refractivity contribution in [3.63, 3.8) is 0 Å². The van der Waals surface area contributed by atoms with Gasteiger partial charge in [0.15, 0.2) is 12.4 Å². The second kappa shape index (κ2) is 5.71. The van der Waals surface area contributed by atoms with Crippen LogP contribution in [0.15, 0.2) is 24.7 Å². The van der Waals surface area contributed by atoms with E-state index in [1.54, 1.807) is 18.5 Å². The van der Waals surface area contributed by atoms with Crippen molar-refractivity contribution in [1.29, 1.82) is 0 Å². The van der Waals surface area contributed by atoms with Gasteiger partial charge < -0.3 is 11.1 Å². The minimum atomic E-state index is -1.13. The molecule has 0 bridgehead atoms. The summed E-state index contributed by atoms with van der Waals surface area (Å²) in [6, 6.07) is 1.74. The van der Waals surface area contributed by atoms with Crippen LogP contribution < -0.4 is 56.1 Å².